The number of aromatic nitrogens is 1. The number of benzene rings is 2. The first kappa shape index (κ1) is 35.5. The number of fused-ring (bicyclic) bond motifs is 1. The molecule has 8 heteroatoms. The van der Waals surface area contributed by atoms with Gasteiger partial charge in [-0.2, -0.15) is 5.26 Å². The van der Waals surface area contributed by atoms with Crippen molar-refractivity contribution in [2.24, 2.45) is 18.4 Å². The summed E-state index contributed by atoms with van der Waals surface area (Å²) in [4.78, 5) is 30.3. The smallest absolute Gasteiger partial charge is 0.264 e. The maximum Gasteiger partial charge on any atom is 0.264 e. The van der Waals surface area contributed by atoms with E-state index in [0.717, 1.165) is 51.3 Å². The minimum absolute atomic E-state index is 0.00478. The molecule has 0 saturated heterocycles. The van der Waals surface area contributed by atoms with E-state index in [4.69, 9.17) is 9.47 Å². The molecule has 3 aromatic rings. The Morgan fingerprint density at radius 1 is 1.11 bits per heavy atom. The Hall–Kier alpha value is -4.35. The van der Waals surface area contributed by atoms with E-state index < -0.39 is 0 Å². The van der Waals surface area contributed by atoms with Crippen LogP contribution in [0.5, 0.6) is 11.5 Å². The number of hydrogen-bond donors (Lipinski definition) is 0. The molecule has 2 heterocycles. The molecular weight excluding hydrogens is 588 g/mol. The first-order valence-electron chi connectivity index (χ1n) is 16.3. The fourth-order valence-corrected chi connectivity index (χ4v) is 6.78. The van der Waals surface area contributed by atoms with E-state index in [2.05, 4.69) is 50.1 Å². The molecule has 1 atom stereocenters. The number of ether oxygens (including phenoxy) is 2. The van der Waals surface area contributed by atoms with E-state index in [1.54, 1.807) is 31.9 Å². The number of pyridine rings is 1. The van der Waals surface area contributed by atoms with Crippen molar-refractivity contribution < 1.29 is 14.3 Å². The summed E-state index contributed by atoms with van der Waals surface area (Å²) in [6.07, 6.45) is 4.37. The highest BCUT2D eigenvalue weighted by Gasteiger charge is 2.35. The first-order valence-corrected chi connectivity index (χ1v) is 16.3. The monoisotopic (exact) mass is 638 g/mol. The summed E-state index contributed by atoms with van der Waals surface area (Å²) in [5, 5.41) is 9.87. The van der Waals surface area contributed by atoms with Gasteiger partial charge in [0.1, 0.15) is 23.1 Å². The van der Waals surface area contributed by atoms with Crippen molar-refractivity contribution in [2.45, 2.75) is 74.0 Å². The zero-order valence-electron chi connectivity index (χ0n) is 29.9. The SMILES string of the molecule is COc1cc(-c2cn(C)c(=O)c(C)c2C)cc(OC)c1CN(C)Cc1cccc2c1CCN(C(=O)C(C#N)=CC(C)(C)C)C2C(C)C. The number of carbonyl (C=O) groups excluding carboxylic acids is 1. The Kier molecular flexibility index (Phi) is 10.7. The van der Waals surface area contributed by atoms with Crippen LogP contribution in [0, 0.1) is 36.5 Å². The van der Waals surface area contributed by atoms with Crippen LogP contribution in [0.1, 0.15) is 74.0 Å². The molecule has 0 aliphatic carbocycles. The second-order valence-corrected chi connectivity index (χ2v) is 14.2. The van der Waals surface area contributed by atoms with E-state index in [1.807, 2.05) is 57.8 Å². The minimum atomic E-state index is -0.273. The summed E-state index contributed by atoms with van der Waals surface area (Å²) in [7, 11) is 7.19. The highest BCUT2D eigenvalue weighted by Crippen LogP contribution is 2.40. The van der Waals surface area contributed by atoms with Gasteiger partial charge in [0.2, 0.25) is 0 Å². The van der Waals surface area contributed by atoms with Gasteiger partial charge < -0.3 is 18.9 Å². The van der Waals surface area contributed by atoms with Crippen molar-refractivity contribution in [3.8, 4) is 28.7 Å². The number of nitriles is 1. The minimum Gasteiger partial charge on any atom is -0.496 e. The van der Waals surface area contributed by atoms with Crippen molar-refractivity contribution in [1.29, 1.82) is 5.26 Å². The van der Waals surface area contributed by atoms with Crippen LogP contribution in [0.25, 0.3) is 11.1 Å². The standard InChI is InChI=1S/C39H50N4O4/c1-24(2)36-31-14-12-13-27(30(31)15-16-43(36)38(45)29(20-40)19-39(5,6)7)21-41(8)22-33-34(46-10)17-28(18-35(33)47-11)32-23-42(9)37(44)26(4)25(32)3/h12-14,17-19,23-24,36H,15-16,21-22H2,1-11H3. The second kappa shape index (κ2) is 14.2. The number of hydrogen-bond acceptors (Lipinski definition) is 6. The maximum absolute atomic E-state index is 13.7. The molecule has 0 saturated carbocycles. The Morgan fingerprint density at radius 2 is 1.74 bits per heavy atom. The molecule has 0 spiro atoms. The number of allylic oxidation sites excluding steroid dienone is 1. The van der Waals surface area contributed by atoms with Crippen LogP contribution in [-0.4, -0.2) is 48.1 Å². The van der Waals surface area contributed by atoms with Crippen LogP contribution in [0.15, 0.2) is 53.0 Å². The number of aryl methyl sites for hydroxylation is 1. The predicted molar refractivity (Wildman–Crippen MR) is 187 cm³/mol. The Labute approximate surface area is 280 Å². The highest BCUT2D eigenvalue weighted by molar-refractivity contribution is 5.97. The van der Waals surface area contributed by atoms with E-state index >= 15 is 0 Å². The Bertz CT molecular complexity index is 1760. The Morgan fingerprint density at radius 3 is 2.30 bits per heavy atom. The molecule has 1 unspecified atom stereocenters. The van der Waals surface area contributed by atoms with Crippen molar-refractivity contribution in [3.63, 3.8) is 0 Å². The molecule has 1 amide bonds. The first-order chi connectivity index (χ1) is 22.1. The summed E-state index contributed by atoms with van der Waals surface area (Å²) < 4.78 is 13.4. The van der Waals surface area contributed by atoms with Crippen LogP contribution in [0.4, 0.5) is 0 Å². The third-order valence-corrected chi connectivity index (χ3v) is 9.10. The van der Waals surface area contributed by atoms with Gasteiger partial charge in [-0.15, -0.1) is 0 Å². The van der Waals surface area contributed by atoms with E-state index in [9.17, 15) is 14.9 Å². The van der Waals surface area contributed by atoms with Gasteiger partial charge in [-0.25, -0.2) is 0 Å². The third-order valence-electron chi connectivity index (χ3n) is 9.10. The fourth-order valence-electron chi connectivity index (χ4n) is 6.78. The molecule has 1 aliphatic heterocycles. The predicted octanol–water partition coefficient (Wildman–Crippen LogP) is 6.90. The van der Waals surface area contributed by atoms with Gasteiger partial charge in [0, 0.05) is 44.0 Å². The lowest BCUT2D eigenvalue weighted by molar-refractivity contribution is -0.130. The summed E-state index contributed by atoms with van der Waals surface area (Å²) in [5.74, 6) is 1.42. The fraction of sp³-hybridized carbons (Fsp3) is 0.462. The van der Waals surface area contributed by atoms with E-state index in [1.165, 1.54) is 11.1 Å². The highest BCUT2D eigenvalue weighted by atomic mass is 16.5. The molecule has 2 aromatic carbocycles. The van der Waals surface area contributed by atoms with Gasteiger partial charge in [0.15, 0.2) is 0 Å². The molecule has 1 aliphatic rings. The molecule has 0 fully saturated rings. The van der Waals surface area contributed by atoms with Crippen molar-refractivity contribution >= 4 is 5.91 Å². The average molecular weight is 639 g/mol. The van der Waals surface area contributed by atoms with Crippen LogP contribution < -0.4 is 15.0 Å². The van der Waals surface area contributed by atoms with Gasteiger partial charge in [-0.05, 0) is 78.6 Å². The molecule has 0 radical (unpaired) electrons. The molecule has 250 valence electrons. The lowest BCUT2D eigenvalue weighted by Crippen LogP contribution is -2.43. The largest absolute Gasteiger partial charge is 0.496 e. The zero-order valence-corrected chi connectivity index (χ0v) is 29.9. The molecular formula is C39H50N4O4. The summed E-state index contributed by atoms with van der Waals surface area (Å²) in [6.45, 7) is 15.9. The van der Waals surface area contributed by atoms with Crippen molar-refractivity contribution in [3.05, 3.63) is 91.9 Å². The normalized spacial score (nSPS) is 15.1. The number of rotatable bonds is 9. The second-order valence-electron chi connectivity index (χ2n) is 14.2. The molecule has 0 bridgehead atoms. The number of nitrogens with zero attached hydrogens (tertiary/aromatic N) is 4. The van der Waals surface area contributed by atoms with Crippen LogP contribution in [0.2, 0.25) is 0 Å². The number of methoxy groups -OCH3 is 2. The Balaban J connectivity index is 1.65. The lowest BCUT2D eigenvalue weighted by Gasteiger charge is -2.41. The van der Waals surface area contributed by atoms with Crippen LogP contribution >= 0.6 is 0 Å². The zero-order chi connectivity index (χ0) is 34.8. The van der Waals surface area contributed by atoms with Gasteiger partial charge in [-0.3, -0.25) is 14.5 Å². The molecule has 1 aromatic heterocycles. The molecule has 8 nitrogen and oxygen atoms in total. The number of amides is 1. The van der Waals surface area contributed by atoms with Gasteiger partial charge >= 0.3 is 0 Å². The molecule has 47 heavy (non-hydrogen) atoms. The topological polar surface area (TPSA) is 87.8 Å². The van der Waals surface area contributed by atoms with E-state index in [-0.39, 0.29) is 34.4 Å². The quantitative estimate of drug-likeness (QED) is 0.187. The van der Waals surface area contributed by atoms with Crippen molar-refractivity contribution in [1.82, 2.24) is 14.4 Å². The lowest BCUT2D eigenvalue weighted by atomic mass is 9.83. The van der Waals surface area contributed by atoms with Crippen molar-refractivity contribution in [2.75, 3.05) is 27.8 Å². The van der Waals surface area contributed by atoms with Gasteiger partial charge in [0.25, 0.3) is 11.5 Å². The summed E-state index contributed by atoms with van der Waals surface area (Å²) >= 11 is 0. The van der Waals surface area contributed by atoms with Crippen LogP contribution in [-0.2, 0) is 31.4 Å². The summed E-state index contributed by atoms with van der Waals surface area (Å²) in [6, 6.07) is 12.5. The van der Waals surface area contributed by atoms with Crippen LogP contribution in [0.3, 0.4) is 0 Å². The summed E-state index contributed by atoms with van der Waals surface area (Å²) in [5.41, 5.74) is 8.06. The molecule has 4 rings (SSSR count). The maximum atomic E-state index is 13.7. The van der Waals surface area contributed by atoms with E-state index in [0.29, 0.717) is 19.6 Å². The van der Waals surface area contributed by atoms with Gasteiger partial charge in [0.05, 0.1) is 25.8 Å². The third kappa shape index (κ3) is 7.47. The van der Waals surface area contributed by atoms with Gasteiger partial charge in [-0.1, -0.05) is 58.9 Å². The average Bonchev–Trinajstić information content (AvgIpc) is 3.02. The molecule has 0 N–H and O–H groups in total. The number of carbonyl (C=O) groups is 1.